The Bertz CT molecular complexity index is 626. The van der Waals surface area contributed by atoms with Gasteiger partial charge >= 0.3 is 5.97 Å². The molecule has 0 aromatic heterocycles. The first kappa shape index (κ1) is 15.7. The summed E-state index contributed by atoms with van der Waals surface area (Å²) in [6, 6.07) is 19.9. The third-order valence-corrected chi connectivity index (χ3v) is 3.86. The van der Waals surface area contributed by atoms with Crippen LogP contribution in [0, 0.1) is 0 Å². The van der Waals surface area contributed by atoms with Crippen molar-refractivity contribution in [1.29, 1.82) is 0 Å². The van der Waals surface area contributed by atoms with Crippen molar-refractivity contribution in [1.82, 2.24) is 0 Å². The summed E-state index contributed by atoms with van der Waals surface area (Å²) < 4.78 is 17.4. The zero-order valence-electron chi connectivity index (χ0n) is 13.1. The third kappa shape index (κ3) is 3.97. The number of esters is 1. The van der Waals surface area contributed by atoms with Crippen LogP contribution in [0.4, 0.5) is 0 Å². The summed E-state index contributed by atoms with van der Waals surface area (Å²) in [5.74, 6) is -0.314. The molecule has 2 aromatic carbocycles. The molecule has 0 saturated carbocycles. The summed E-state index contributed by atoms with van der Waals surface area (Å²) in [4.78, 5) is 11.1. The van der Waals surface area contributed by atoms with Crippen molar-refractivity contribution in [3.8, 4) is 0 Å². The van der Waals surface area contributed by atoms with E-state index >= 15 is 0 Å². The van der Waals surface area contributed by atoms with Gasteiger partial charge in [0, 0.05) is 6.92 Å². The number of ether oxygens (including phenoxy) is 3. The van der Waals surface area contributed by atoms with Crippen molar-refractivity contribution in [3.63, 3.8) is 0 Å². The van der Waals surface area contributed by atoms with Gasteiger partial charge in [-0.25, -0.2) is 0 Å². The number of hydrogen-bond acceptors (Lipinski definition) is 4. The number of benzene rings is 2. The Balaban J connectivity index is 1.79. The van der Waals surface area contributed by atoms with Crippen molar-refractivity contribution in [3.05, 3.63) is 71.8 Å². The van der Waals surface area contributed by atoms with Crippen LogP contribution in [-0.4, -0.2) is 25.3 Å². The van der Waals surface area contributed by atoms with Gasteiger partial charge in [0.2, 0.25) is 0 Å². The zero-order valence-corrected chi connectivity index (χ0v) is 13.1. The number of carbonyl (C=O) groups excluding carboxylic acids is 1. The summed E-state index contributed by atoms with van der Waals surface area (Å²) in [5.41, 5.74) is 2.10. The predicted molar refractivity (Wildman–Crippen MR) is 85.8 cm³/mol. The second-order valence-electron chi connectivity index (χ2n) is 5.54. The number of rotatable bonds is 4. The summed E-state index contributed by atoms with van der Waals surface area (Å²) >= 11 is 0. The van der Waals surface area contributed by atoms with E-state index in [4.69, 9.17) is 14.2 Å². The summed E-state index contributed by atoms with van der Waals surface area (Å²) in [6.07, 6.45) is -0.703. The average molecular weight is 312 g/mol. The molecule has 0 amide bonds. The van der Waals surface area contributed by atoms with Gasteiger partial charge in [-0.15, -0.1) is 0 Å². The molecule has 0 bridgehead atoms. The van der Waals surface area contributed by atoms with E-state index in [9.17, 15) is 4.79 Å². The molecule has 0 spiro atoms. The van der Waals surface area contributed by atoms with Gasteiger partial charge in [0.1, 0.15) is 24.9 Å². The van der Waals surface area contributed by atoms with Crippen molar-refractivity contribution in [2.24, 2.45) is 0 Å². The number of hydrogen-bond donors (Lipinski definition) is 0. The Morgan fingerprint density at radius 2 is 1.65 bits per heavy atom. The Hall–Kier alpha value is -2.17. The van der Waals surface area contributed by atoms with Crippen LogP contribution in [0.5, 0.6) is 0 Å². The van der Waals surface area contributed by atoms with E-state index in [1.807, 2.05) is 60.7 Å². The average Bonchev–Trinajstić information content (AvgIpc) is 2.61. The van der Waals surface area contributed by atoms with Gasteiger partial charge in [0.15, 0.2) is 0 Å². The topological polar surface area (TPSA) is 44.8 Å². The Morgan fingerprint density at radius 3 is 2.26 bits per heavy atom. The van der Waals surface area contributed by atoms with Crippen LogP contribution in [0.2, 0.25) is 0 Å². The molecule has 0 aliphatic carbocycles. The van der Waals surface area contributed by atoms with E-state index < -0.39 is 0 Å². The molecule has 1 aliphatic heterocycles. The molecular formula is C19H20O4. The van der Waals surface area contributed by atoms with Crippen molar-refractivity contribution < 1.29 is 19.0 Å². The van der Waals surface area contributed by atoms with Crippen molar-refractivity contribution in [2.75, 3.05) is 13.2 Å². The summed E-state index contributed by atoms with van der Waals surface area (Å²) in [7, 11) is 0. The van der Waals surface area contributed by atoms with Gasteiger partial charge in [-0.05, 0) is 11.1 Å². The molecule has 3 rings (SSSR count). The first-order chi connectivity index (χ1) is 11.2. The van der Waals surface area contributed by atoms with Crippen LogP contribution >= 0.6 is 0 Å². The molecule has 23 heavy (non-hydrogen) atoms. The molecule has 0 N–H and O–H groups in total. The summed E-state index contributed by atoms with van der Waals surface area (Å²) in [5, 5.41) is 0. The molecule has 1 heterocycles. The van der Waals surface area contributed by atoms with Gasteiger partial charge in [-0.1, -0.05) is 60.7 Å². The normalized spacial score (nSPS) is 24.1. The number of carbonyl (C=O) groups is 1. The third-order valence-electron chi connectivity index (χ3n) is 3.86. The maximum Gasteiger partial charge on any atom is 0.302 e. The van der Waals surface area contributed by atoms with Gasteiger partial charge < -0.3 is 14.2 Å². The molecule has 4 heteroatoms. The van der Waals surface area contributed by atoms with Gasteiger partial charge in [-0.2, -0.15) is 0 Å². The predicted octanol–water partition coefficient (Wildman–Crippen LogP) is 3.45. The first-order valence-corrected chi connectivity index (χ1v) is 7.74. The minimum absolute atomic E-state index is 0.130. The zero-order chi connectivity index (χ0) is 16.1. The molecule has 1 aliphatic rings. The highest BCUT2D eigenvalue weighted by molar-refractivity contribution is 5.65. The minimum Gasteiger partial charge on any atom is -0.463 e. The van der Waals surface area contributed by atoms with E-state index in [0.29, 0.717) is 6.61 Å². The second-order valence-corrected chi connectivity index (χ2v) is 5.54. The van der Waals surface area contributed by atoms with Crippen LogP contribution in [0.25, 0.3) is 0 Å². The Kier molecular flexibility index (Phi) is 5.05. The Morgan fingerprint density at radius 1 is 1.04 bits per heavy atom. The van der Waals surface area contributed by atoms with E-state index in [1.54, 1.807) is 0 Å². The fourth-order valence-corrected chi connectivity index (χ4v) is 2.72. The van der Waals surface area contributed by atoms with Gasteiger partial charge in [0.25, 0.3) is 0 Å². The van der Waals surface area contributed by atoms with E-state index in [2.05, 4.69) is 0 Å². The van der Waals surface area contributed by atoms with Crippen LogP contribution in [-0.2, 0) is 19.0 Å². The molecular weight excluding hydrogens is 292 g/mol. The SMILES string of the molecule is CC(=O)OCC1OCC(c2ccccc2)OC1c1ccccc1. The van der Waals surface area contributed by atoms with Crippen LogP contribution in [0.1, 0.15) is 30.3 Å². The van der Waals surface area contributed by atoms with E-state index in [0.717, 1.165) is 11.1 Å². The molecule has 2 aromatic rings. The Labute approximate surface area is 136 Å². The van der Waals surface area contributed by atoms with Gasteiger partial charge in [0.05, 0.1) is 6.61 Å². The van der Waals surface area contributed by atoms with Crippen molar-refractivity contribution in [2.45, 2.75) is 25.2 Å². The highest BCUT2D eigenvalue weighted by atomic mass is 16.6. The fraction of sp³-hybridized carbons (Fsp3) is 0.316. The first-order valence-electron chi connectivity index (χ1n) is 7.74. The monoisotopic (exact) mass is 312 g/mol. The molecule has 1 fully saturated rings. The standard InChI is InChI=1S/C19H20O4/c1-14(20)21-13-18-19(16-10-6-3-7-11-16)23-17(12-22-18)15-8-4-2-5-9-15/h2-11,17-19H,12-13H2,1H3. The lowest BCUT2D eigenvalue weighted by atomic mass is 10.0. The quantitative estimate of drug-likeness (QED) is 0.811. The van der Waals surface area contributed by atoms with Gasteiger partial charge in [-0.3, -0.25) is 4.79 Å². The second kappa shape index (κ2) is 7.40. The lowest BCUT2D eigenvalue weighted by Gasteiger charge is -2.36. The molecule has 120 valence electrons. The molecule has 0 radical (unpaired) electrons. The van der Waals surface area contributed by atoms with Crippen LogP contribution < -0.4 is 0 Å². The smallest absolute Gasteiger partial charge is 0.302 e. The van der Waals surface area contributed by atoms with Crippen molar-refractivity contribution >= 4 is 5.97 Å². The van der Waals surface area contributed by atoms with Crippen LogP contribution in [0.3, 0.4) is 0 Å². The highest BCUT2D eigenvalue weighted by Gasteiger charge is 2.34. The lowest BCUT2D eigenvalue weighted by Crippen LogP contribution is -2.37. The molecule has 3 unspecified atom stereocenters. The lowest BCUT2D eigenvalue weighted by molar-refractivity contribution is -0.201. The van der Waals surface area contributed by atoms with E-state index in [1.165, 1.54) is 6.92 Å². The molecule has 1 saturated heterocycles. The fourth-order valence-electron chi connectivity index (χ4n) is 2.72. The maximum absolute atomic E-state index is 11.1. The van der Waals surface area contributed by atoms with Crippen LogP contribution in [0.15, 0.2) is 60.7 Å². The summed E-state index contributed by atoms with van der Waals surface area (Å²) in [6.45, 7) is 2.03. The molecule has 4 nitrogen and oxygen atoms in total. The minimum atomic E-state index is -0.314. The largest absolute Gasteiger partial charge is 0.463 e. The van der Waals surface area contributed by atoms with E-state index in [-0.39, 0.29) is 30.9 Å². The highest BCUT2D eigenvalue weighted by Crippen LogP contribution is 2.35. The maximum atomic E-state index is 11.1. The molecule has 3 atom stereocenters.